The molecule has 2 aromatic heterocycles. The van der Waals surface area contributed by atoms with E-state index in [0.29, 0.717) is 11.0 Å². The summed E-state index contributed by atoms with van der Waals surface area (Å²) in [6.45, 7) is 0. The molecule has 0 aliphatic carbocycles. The van der Waals surface area contributed by atoms with E-state index in [1.165, 1.54) is 6.07 Å². The van der Waals surface area contributed by atoms with Gasteiger partial charge in [0.05, 0.1) is 27.3 Å². The fourth-order valence-corrected chi connectivity index (χ4v) is 3.20. The highest BCUT2D eigenvalue weighted by molar-refractivity contribution is 6.34. The Kier molecular flexibility index (Phi) is 3.32. The van der Waals surface area contributed by atoms with Crippen molar-refractivity contribution in [1.82, 2.24) is 14.5 Å². The molecular formula is C18H15ClN4O. The molecule has 4 rings (SSSR count). The second-order valence-electron chi connectivity index (χ2n) is 5.84. The maximum atomic E-state index is 12.5. The van der Waals surface area contributed by atoms with Crippen LogP contribution < -0.4 is 10.5 Å². The number of rotatable bonds is 2. The lowest BCUT2D eigenvalue weighted by molar-refractivity contribution is 0.959. The first-order valence-corrected chi connectivity index (χ1v) is 7.90. The third-order valence-corrected chi connectivity index (χ3v) is 4.34. The molecule has 0 amide bonds. The molecule has 6 heteroatoms. The Morgan fingerprint density at radius 3 is 2.67 bits per heavy atom. The van der Waals surface area contributed by atoms with Gasteiger partial charge in [0.15, 0.2) is 0 Å². The van der Waals surface area contributed by atoms with E-state index in [0.717, 1.165) is 27.6 Å². The van der Waals surface area contributed by atoms with Crippen molar-refractivity contribution in [3.05, 3.63) is 63.9 Å². The van der Waals surface area contributed by atoms with Crippen molar-refractivity contribution in [2.24, 2.45) is 0 Å². The molecule has 0 saturated heterocycles. The highest BCUT2D eigenvalue weighted by Gasteiger charge is 2.13. The molecule has 0 spiro atoms. The summed E-state index contributed by atoms with van der Waals surface area (Å²) in [5.74, 6) is 0.499. The van der Waals surface area contributed by atoms with Gasteiger partial charge in [-0.25, -0.2) is 9.55 Å². The number of para-hydroxylation sites is 2. The minimum absolute atomic E-state index is 0.145. The van der Waals surface area contributed by atoms with Gasteiger partial charge in [-0.15, -0.1) is 0 Å². The minimum atomic E-state index is -0.145. The Bertz CT molecular complexity index is 1090. The van der Waals surface area contributed by atoms with Crippen molar-refractivity contribution >= 4 is 39.2 Å². The van der Waals surface area contributed by atoms with Gasteiger partial charge in [0.1, 0.15) is 0 Å². The smallest absolute Gasteiger partial charge is 0.257 e. The summed E-state index contributed by atoms with van der Waals surface area (Å²) in [4.78, 5) is 22.2. The van der Waals surface area contributed by atoms with Crippen molar-refractivity contribution in [1.29, 1.82) is 0 Å². The summed E-state index contributed by atoms with van der Waals surface area (Å²) < 4.78 is 1.58. The molecule has 2 aromatic carbocycles. The molecular weight excluding hydrogens is 324 g/mol. The molecule has 0 bridgehead atoms. The Labute approximate surface area is 143 Å². The zero-order valence-electron chi connectivity index (χ0n) is 13.2. The molecule has 24 heavy (non-hydrogen) atoms. The fourth-order valence-electron chi connectivity index (χ4n) is 2.85. The molecule has 0 aliphatic heterocycles. The van der Waals surface area contributed by atoms with Gasteiger partial charge in [-0.05, 0) is 30.3 Å². The van der Waals surface area contributed by atoms with Crippen LogP contribution in [0.25, 0.3) is 27.9 Å². The molecule has 120 valence electrons. The second-order valence-corrected chi connectivity index (χ2v) is 6.25. The lowest BCUT2D eigenvalue weighted by Crippen LogP contribution is -2.19. The fraction of sp³-hybridized carbons (Fsp3) is 0.111. The van der Waals surface area contributed by atoms with Crippen molar-refractivity contribution in [2.45, 2.75) is 0 Å². The van der Waals surface area contributed by atoms with Gasteiger partial charge >= 0.3 is 0 Å². The Hall–Kier alpha value is -2.79. The van der Waals surface area contributed by atoms with Crippen LogP contribution in [0.4, 0.5) is 5.69 Å². The number of aromatic nitrogens is 3. The van der Waals surface area contributed by atoms with E-state index in [1.807, 2.05) is 55.4 Å². The molecule has 2 heterocycles. The van der Waals surface area contributed by atoms with Gasteiger partial charge in [-0.3, -0.25) is 4.79 Å². The van der Waals surface area contributed by atoms with Crippen LogP contribution in [-0.4, -0.2) is 28.6 Å². The number of nitrogens with zero attached hydrogens (tertiary/aromatic N) is 3. The standard InChI is InChI=1S/C18H15ClN4O/c1-22(2)16-10-15-11(9-12(16)19)7-8-17(24)23(15)18-20-13-5-3-4-6-14(13)21-18/h3-10H,1-2H3,(H,20,21). The van der Waals surface area contributed by atoms with Crippen LogP contribution in [0.2, 0.25) is 5.02 Å². The highest BCUT2D eigenvalue weighted by Crippen LogP contribution is 2.30. The van der Waals surface area contributed by atoms with Crippen LogP contribution in [0.15, 0.2) is 53.3 Å². The number of aromatic amines is 1. The van der Waals surface area contributed by atoms with Crippen LogP contribution in [0.5, 0.6) is 0 Å². The van der Waals surface area contributed by atoms with Crippen LogP contribution in [0.3, 0.4) is 0 Å². The first kappa shape index (κ1) is 14.8. The summed E-state index contributed by atoms with van der Waals surface area (Å²) in [6, 6.07) is 14.8. The maximum absolute atomic E-state index is 12.5. The van der Waals surface area contributed by atoms with E-state index in [4.69, 9.17) is 11.6 Å². The largest absolute Gasteiger partial charge is 0.376 e. The predicted octanol–water partition coefficient (Wildman–Crippen LogP) is 3.59. The Morgan fingerprint density at radius 1 is 1.12 bits per heavy atom. The number of anilines is 1. The molecule has 1 N–H and O–H groups in total. The number of halogens is 1. The van der Waals surface area contributed by atoms with Crippen LogP contribution in [-0.2, 0) is 0 Å². The summed E-state index contributed by atoms with van der Waals surface area (Å²) in [7, 11) is 3.83. The van der Waals surface area contributed by atoms with Gasteiger partial charge in [-0.2, -0.15) is 0 Å². The number of H-pyrrole nitrogens is 1. The number of nitrogens with one attached hydrogen (secondary N) is 1. The minimum Gasteiger partial charge on any atom is -0.376 e. The average Bonchev–Trinajstić information content (AvgIpc) is 2.97. The van der Waals surface area contributed by atoms with Crippen LogP contribution in [0.1, 0.15) is 0 Å². The molecule has 0 unspecified atom stereocenters. The number of fused-ring (bicyclic) bond motifs is 2. The second kappa shape index (κ2) is 5.39. The van der Waals surface area contributed by atoms with Crippen molar-refractivity contribution in [2.75, 3.05) is 19.0 Å². The molecule has 0 radical (unpaired) electrons. The summed E-state index contributed by atoms with van der Waals surface area (Å²) in [6.07, 6.45) is 0. The van der Waals surface area contributed by atoms with Crippen molar-refractivity contribution in [3.8, 4) is 5.95 Å². The van der Waals surface area contributed by atoms with Crippen molar-refractivity contribution in [3.63, 3.8) is 0 Å². The quantitative estimate of drug-likeness (QED) is 0.607. The van der Waals surface area contributed by atoms with Crippen molar-refractivity contribution < 1.29 is 0 Å². The predicted molar refractivity (Wildman–Crippen MR) is 98.5 cm³/mol. The Balaban J connectivity index is 2.08. The number of imidazole rings is 1. The first-order valence-electron chi connectivity index (χ1n) is 7.52. The number of benzene rings is 2. The lowest BCUT2D eigenvalue weighted by Gasteiger charge is -2.16. The monoisotopic (exact) mass is 338 g/mol. The number of hydrogen-bond donors (Lipinski definition) is 1. The third-order valence-electron chi connectivity index (χ3n) is 4.03. The van der Waals surface area contributed by atoms with Gasteiger partial charge in [-0.1, -0.05) is 23.7 Å². The normalized spacial score (nSPS) is 11.3. The maximum Gasteiger partial charge on any atom is 0.257 e. The van der Waals surface area contributed by atoms with E-state index >= 15 is 0 Å². The topological polar surface area (TPSA) is 53.9 Å². The van der Waals surface area contributed by atoms with Gasteiger partial charge in [0.2, 0.25) is 5.95 Å². The number of pyridine rings is 1. The molecule has 0 atom stereocenters. The van der Waals surface area contributed by atoms with Crippen LogP contribution >= 0.6 is 11.6 Å². The van der Waals surface area contributed by atoms with Crippen LogP contribution in [0, 0.1) is 0 Å². The molecule has 5 nitrogen and oxygen atoms in total. The SMILES string of the molecule is CN(C)c1cc2c(ccc(=O)n2-c2nc3ccccc3[nH]2)cc1Cl. The zero-order chi connectivity index (χ0) is 16.8. The van der Waals surface area contributed by atoms with E-state index in [1.54, 1.807) is 10.6 Å². The Morgan fingerprint density at radius 2 is 1.92 bits per heavy atom. The molecule has 0 aliphatic rings. The molecule has 0 saturated carbocycles. The zero-order valence-corrected chi connectivity index (χ0v) is 14.0. The van der Waals surface area contributed by atoms with Gasteiger partial charge in [0, 0.05) is 25.5 Å². The molecule has 0 fully saturated rings. The highest BCUT2D eigenvalue weighted by atomic mass is 35.5. The van der Waals surface area contributed by atoms with E-state index in [-0.39, 0.29) is 5.56 Å². The van der Waals surface area contributed by atoms with E-state index in [9.17, 15) is 4.79 Å². The van der Waals surface area contributed by atoms with Gasteiger partial charge < -0.3 is 9.88 Å². The summed E-state index contributed by atoms with van der Waals surface area (Å²) in [5, 5.41) is 1.52. The lowest BCUT2D eigenvalue weighted by atomic mass is 10.2. The van der Waals surface area contributed by atoms with Gasteiger partial charge in [0.25, 0.3) is 5.56 Å². The molecule has 4 aromatic rings. The summed E-state index contributed by atoms with van der Waals surface area (Å²) >= 11 is 6.35. The average molecular weight is 339 g/mol. The number of hydrogen-bond acceptors (Lipinski definition) is 3. The first-order chi connectivity index (χ1) is 11.5. The van der Waals surface area contributed by atoms with E-state index in [2.05, 4.69) is 9.97 Å². The van der Waals surface area contributed by atoms with E-state index < -0.39 is 0 Å². The summed E-state index contributed by atoms with van der Waals surface area (Å²) in [5.41, 5.74) is 3.17. The third kappa shape index (κ3) is 2.25.